The molecule has 0 radical (unpaired) electrons. The van der Waals surface area contributed by atoms with Crippen LogP contribution in [-0.4, -0.2) is 40.8 Å². The van der Waals surface area contributed by atoms with Gasteiger partial charge in [-0.15, -0.1) is 0 Å². The highest BCUT2D eigenvalue weighted by molar-refractivity contribution is 8.15. The summed E-state index contributed by atoms with van der Waals surface area (Å²) in [7, 11) is 1.57. The number of halogens is 1. The van der Waals surface area contributed by atoms with Gasteiger partial charge in [-0.2, -0.15) is 0 Å². The zero-order valence-corrected chi connectivity index (χ0v) is 16.3. The fourth-order valence-electron chi connectivity index (χ4n) is 2.71. The number of aliphatic imine (C=N–C) groups is 1. The van der Waals surface area contributed by atoms with E-state index in [2.05, 4.69) is 10.3 Å². The molecule has 1 N–H and O–H groups in total. The summed E-state index contributed by atoms with van der Waals surface area (Å²) in [6.07, 6.45) is 0.0721. The van der Waals surface area contributed by atoms with Gasteiger partial charge in [0.05, 0.1) is 12.8 Å². The van der Waals surface area contributed by atoms with Crippen molar-refractivity contribution in [1.82, 2.24) is 4.90 Å². The molecule has 1 atom stereocenters. The van der Waals surface area contributed by atoms with Crippen molar-refractivity contribution >= 4 is 40.1 Å². The van der Waals surface area contributed by atoms with Crippen molar-refractivity contribution in [2.75, 3.05) is 19.0 Å². The predicted molar refractivity (Wildman–Crippen MR) is 109 cm³/mol. The number of hydrogen-bond donors (Lipinski definition) is 1. The highest BCUT2D eigenvalue weighted by Gasteiger charge is 2.35. The van der Waals surface area contributed by atoms with E-state index in [9.17, 15) is 14.0 Å². The van der Waals surface area contributed by atoms with Crippen LogP contribution in [0.4, 0.5) is 15.8 Å². The highest BCUT2D eigenvalue weighted by Crippen LogP contribution is 2.30. The number of nitrogens with zero attached hydrogens (tertiary/aromatic N) is 2. The summed E-state index contributed by atoms with van der Waals surface area (Å²) in [6.45, 7) is 2.25. The summed E-state index contributed by atoms with van der Waals surface area (Å²) in [5, 5.41) is 2.58. The van der Waals surface area contributed by atoms with Crippen LogP contribution >= 0.6 is 11.8 Å². The molecule has 1 aliphatic heterocycles. The maximum absolute atomic E-state index is 13.4. The molecule has 2 aromatic carbocycles. The number of amides is 2. The monoisotopic (exact) mass is 401 g/mol. The van der Waals surface area contributed by atoms with Crippen LogP contribution in [0.25, 0.3) is 0 Å². The SMILES string of the molecule is CCN1C(=O)C[C@H](C(=O)Nc2ccc(OC)cc2)SC1=Nc1cccc(F)c1. The van der Waals surface area contributed by atoms with E-state index in [0.29, 0.717) is 28.8 Å². The van der Waals surface area contributed by atoms with Gasteiger partial charge in [0.2, 0.25) is 11.8 Å². The van der Waals surface area contributed by atoms with Crippen molar-refractivity contribution in [2.45, 2.75) is 18.6 Å². The second-order valence-corrected chi connectivity index (χ2v) is 7.21. The summed E-state index contributed by atoms with van der Waals surface area (Å²) in [4.78, 5) is 31.1. The van der Waals surface area contributed by atoms with Gasteiger partial charge in [-0.1, -0.05) is 17.8 Å². The number of thioether (sulfide) groups is 1. The van der Waals surface area contributed by atoms with Crippen LogP contribution in [0.3, 0.4) is 0 Å². The Morgan fingerprint density at radius 1 is 1.32 bits per heavy atom. The number of benzene rings is 2. The van der Waals surface area contributed by atoms with E-state index in [1.54, 1.807) is 43.5 Å². The summed E-state index contributed by atoms with van der Waals surface area (Å²) >= 11 is 1.20. The van der Waals surface area contributed by atoms with Gasteiger partial charge in [0.15, 0.2) is 5.17 Å². The first-order valence-corrected chi connectivity index (χ1v) is 9.64. The average molecular weight is 401 g/mol. The number of ether oxygens (including phenoxy) is 1. The molecule has 8 heteroatoms. The minimum atomic E-state index is -0.621. The van der Waals surface area contributed by atoms with Gasteiger partial charge in [-0.3, -0.25) is 14.5 Å². The number of methoxy groups -OCH3 is 1. The minimum Gasteiger partial charge on any atom is -0.497 e. The summed E-state index contributed by atoms with van der Waals surface area (Å²) < 4.78 is 18.5. The highest BCUT2D eigenvalue weighted by atomic mass is 32.2. The molecule has 2 amide bonds. The minimum absolute atomic E-state index is 0.0721. The lowest BCUT2D eigenvalue weighted by Crippen LogP contribution is -2.45. The van der Waals surface area contributed by atoms with E-state index >= 15 is 0 Å². The molecule has 3 rings (SSSR count). The van der Waals surface area contributed by atoms with Crippen LogP contribution in [0.2, 0.25) is 0 Å². The Kier molecular flexibility index (Phi) is 6.30. The number of rotatable bonds is 5. The molecule has 0 bridgehead atoms. The van der Waals surface area contributed by atoms with Gasteiger partial charge in [-0.25, -0.2) is 9.38 Å². The number of hydrogen-bond acceptors (Lipinski definition) is 5. The third-order valence-corrected chi connectivity index (χ3v) is 5.33. The van der Waals surface area contributed by atoms with Crippen molar-refractivity contribution in [3.63, 3.8) is 0 Å². The first-order valence-electron chi connectivity index (χ1n) is 8.76. The molecule has 0 saturated carbocycles. The Morgan fingerprint density at radius 2 is 2.07 bits per heavy atom. The molecule has 0 aromatic heterocycles. The Hall–Kier alpha value is -2.87. The molecule has 146 valence electrons. The van der Waals surface area contributed by atoms with Crippen molar-refractivity contribution in [3.8, 4) is 5.75 Å². The van der Waals surface area contributed by atoms with Gasteiger partial charge in [0.25, 0.3) is 0 Å². The average Bonchev–Trinajstić information content (AvgIpc) is 2.68. The van der Waals surface area contributed by atoms with Crippen LogP contribution in [0.5, 0.6) is 5.75 Å². The standard InChI is InChI=1S/C20H20FN3O3S/c1-3-24-18(25)12-17(19(26)22-14-7-9-16(27-2)10-8-14)28-20(24)23-15-6-4-5-13(21)11-15/h4-11,17H,3,12H2,1-2H3,(H,22,26)/t17-/m1/s1. The Labute approximate surface area is 166 Å². The van der Waals surface area contributed by atoms with Crippen LogP contribution < -0.4 is 10.1 Å². The first-order chi connectivity index (χ1) is 13.5. The topological polar surface area (TPSA) is 71.0 Å². The molecule has 28 heavy (non-hydrogen) atoms. The van der Waals surface area contributed by atoms with Gasteiger partial charge < -0.3 is 10.1 Å². The van der Waals surface area contributed by atoms with Crippen LogP contribution in [-0.2, 0) is 9.59 Å². The van der Waals surface area contributed by atoms with Crippen molar-refractivity contribution in [1.29, 1.82) is 0 Å². The molecule has 1 saturated heterocycles. The first kappa shape index (κ1) is 19.9. The zero-order chi connectivity index (χ0) is 20.1. The lowest BCUT2D eigenvalue weighted by molar-refractivity contribution is -0.129. The van der Waals surface area contributed by atoms with Gasteiger partial charge in [0.1, 0.15) is 16.8 Å². The summed E-state index contributed by atoms with van der Waals surface area (Å²) in [5.41, 5.74) is 1.00. The van der Waals surface area contributed by atoms with Gasteiger partial charge in [0, 0.05) is 18.7 Å². The van der Waals surface area contributed by atoms with E-state index in [1.165, 1.54) is 28.8 Å². The van der Waals surface area contributed by atoms with E-state index < -0.39 is 11.1 Å². The van der Waals surface area contributed by atoms with Crippen LogP contribution in [0.15, 0.2) is 53.5 Å². The molecule has 2 aromatic rings. The fraction of sp³-hybridized carbons (Fsp3) is 0.250. The molecule has 6 nitrogen and oxygen atoms in total. The number of nitrogens with one attached hydrogen (secondary N) is 1. The van der Waals surface area contributed by atoms with E-state index in [1.807, 2.05) is 6.92 Å². The smallest absolute Gasteiger partial charge is 0.238 e. The van der Waals surface area contributed by atoms with Crippen molar-refractivity contribution in [3.05, 3.63) is 54.3 Å². The molecular weight excluding hydrogens is 381 g/mol. The second kappa shape index (κ2) is 8.88. The summed E-state index contributed by atoms with van der Waals surface area (Å²) in [6, 6.07) is 12.7. The third-order valence-electron chi connectivity index (χ3n) is 4.14. The van der Waals surface area contributed by atoms with Gasteiger partial charge in [-0.05, 0) is 49.4 Å². The Balaban J connectivity index is 1.78. The maximum Gasteiger partial charge on any atom is 0.238 e. The van der Waals surface area contributed by atoms with E-state index in [-0.39, 0.29) is 18.2 Å². The number of anilines is 1. The number of amidine groups is 1. The third kappa shape index (κ3) is 4.69. The van der Waals surface area contributed by atoms with Crippen molar-refractivity contribution in [2.24, 2.45) is 4.99 Å². The van der Waals surface area contributed by atoms with Gasteiger partial charge >= 0.3 is 0 Å². The molecule has 1 heterocycles. The maximum atomic E-state index is 13.4. The molecule has 0 unspecified atom stereocenters. The molecular formula is C20H20FN3O3S. The van der Waals surface area contributed by atoms with Crippen LogP contribution in [0.1, 0.15) is 13.3 Å². The lowest BCUT2D eigenvalue weighted by Gasteiger charge is -2.30. The second-order valence-electron chi connectivity index (χ2n) is 6.04. The number of carbonyl (C=O) groups excluding carboxylic acids is 2. The van der Waals surface area contributed by atoms with Crippen LogP contribution in [0, 0.1) is 5.82 Å². The predicted octanol–water partition coefficient (Wildman–Crippen LogP) is 3.81. The largest absolute Gasteiger partial charge is 0.497 e. The zero-order valence-electron chi connectivity index (χ0n) is 15.5. The molecule has 1 aliphatic rings. The van der Waals surface area contributed by atoms with Crippen molar-refractivity contribution < 1.29 is 18.7 Å². The number of carbonyl (C=O) groups is 2. The van der Waals surface area contributed by atoms with E-state index in [4.69, 9.17) is 4.74 Å². The lowest BCUT2D eigenvalue weighted by atomic mass is 10.2. The summed E-state index contributed by atoms with van der Waals surface area (Å²) in [5.74, 6) is -0.202. The molecule has 0 spiro atoms. The Morgan fingerprint density at radius 3 is 2.71 bits per heavy atom. The quantitative estimate of drug-likeness (QED) is 0.827. The normalized spacial score (nSPS) is 18.2. The Bertz CT molecular complexity index is 902. The fourth-order valence-corrected chi connectivity index (χ4v) is 3.87. The molecule has 1 fully saturated rings. The molecule has 0 aliphatic carbocycles. The van der Waals surface area contributed by atoms with E-state index in [0.717, 1.165) is 0 Å².